The van der Waals surface area contributed by atoms with Gasteiger partial charge in [0.15, 0.2) is 0 Å². The zero-order valence-electron chi connectivity index (χ0n) is 10.3. The van der Waals surface area contributed by atoms with Crippen molar-refractivity contribution in [2.45, 2.75) is 6.54 Å². The predicted molar refractivity (Wildman–Crippen MR) is 77.9 cm³/mol. The van der Waals surface area contributed by atoms with Crippen LogP contribution in [0.4, 0.5) is 0 Å². The Hall–Kier alpha value is -2.09. The van der Waals surface area contributed by atoms with Crippen LogP contribution in [0.1, 0.15) is 21.5 Å². The molecule has 3 N–H and O–H groups in total. The summed E-state index contributed by atoms with van der Waals surface area (Å²) in [4.78, 5) is 11.9. The van der Waals surface area contributed by atoms with Crippen molar-refractivity contribution < 1.29 is 4.79 Å². The van der Waals surface area contributed by atoms with Gasteiger partial charge in [0.05, 0.1) is 6.54 Å². The van der Waals surface area contributed by atoms with Gasteiger partial charge < -0.3 is 11.1 Å². The van der Waals surface area contributed by atoms with Gasteiger partial charge in [-0.2, -0.15) is 11.3 Å². The molecule has 0 unspecified atom stereocenters. The summed E-state index contributed by atoms with van der Waals surface area (Å²) in [7, 11) is 0. The van der Waals surface area contributed by atoms with E-state index in [0.29, 0.717) is 18.7 Å². The van der Waals surface area contributed by atoms with Crippen LogP contribution in [0.2, 0.25) is 0 Å². The molecule has 0 aliphatic heterocycles. The lowest BCUT2D eigenvalue weighted by molar-refractivity contribution is 0.0951. The van der Waals surface area contributed by atoms with E-state index in [4.69, 9.17) is 5.73 Å². The molecule has 3 nitrogen and oxygen atoms in total. The Morgan fingerprint density at radius 1 is 1.26 bits per heavy atom. The number of benzene rings is 1. The molecule has 1 amide bonds. The second kappa shape index (κ2) is 6.74. The lowest BCUT2D eigenvalue weighted by atomic mass is 10.1. The SMILES string of the molecule is NCC#Cc1ccc(C(=O)NCc2ccsc2)cc1. The zero-order valence-corrected chi connectivity index (χ0v) is 11.2. The van der Waals surface area contributed by atoms with E-state index in [9.17, 15) is 4.79 Å². The van der Waals surface area contributed by atoms with Crippen LogP contribution < -0.4 is 11.1 Å². The van der Waals surface area contributed by atoms with Crippen molar-refractivity contribution in [2.75, 3.05) is 6.54 Å². The predicted octanol–water partition coefficient (Wildman–Crippen LogP) is 1.99. The molecular formula is C15H14N2OS. The molecule has 0 radical (unpaired) electrons. The number of nitrogens with one attached hydrogen (secondary N) is 1. The number of carbonyl (C=O) groups excluding carboxylic acids is 1. The first-order valence-electron chi connectivity index (χ1n) is 5.88. The first-order chi connectivity index (χ1) is 9.29. The van der Waals surface area contributed by atoms with Crippen LogP contribution in [0.15, 0.2) is 41.1 Å². The number of rotatable bonds is 3. The fourth-order valence-electron chi connectivity index (χ4n) is 1.54. The standard InChI is InChI=1S/C15H14N2OS/c16-8-1-2-12-3-5-14(6-4-12)15(18)17-10-13-7-9-19-11-13/h3-7,9,11H,8,10,16H2,(H,17,18). The summed E-state index contributed by atoms with van der Waals surface area (Å²) in [6.45, 7) is 0.889. The van der Waals surface area contributed by atoms with E-state index in [0.717, 1.165) is 11.1 Å². The van der Waals surface area contributed by atoms with Crippen molar-refractivity contribution in [3.05, 3.63) is 57.8 Å². The molecule has 0 bridgehead atoms. The highest BCUT2D eigenvalue weighted by atomic mass is 32.1. The number of thiophene rings is 1. The normalized spacial score (nSPS) is 9.53. The molecule has 0 saturated heterocycles. The van der Waals surface area contributed by atoms with Crippen LogP contribution in [0, 0.1) is 11.8 Å². The van der Waals surface area contributed by atoms with Gasteiger partial charge in [-0.25, -0.2) is 0 Å². The number of carbonyl (C=O) groups is 1. The summed E-state index contributed by atoms with van der Waals surface area (Å²) >= 11 is 1.62. The largest absolute Gasteiger partial charge is 0.348 e. The maximum atomic E-state index is 11.9. The second-order valence-electron chi connectivity index (χ2n) is 3.90. The number of hydrogen-bond acceptors (Lipinski definition) is 3. The molecule has 4 heteroatoms. The quantitative estimate of drug-likeness (QED) is 0.838. The molecule has 0 spiro atoms. The highest BCUT2D eigenvalue weighted by Crippen LogP contribution is 2.07. The van der Waals surface area contributed by atoms with Crippen LogP contribution in [-0.4, -0.2) is 12.5 Å². The van der Waals surface area contributed by atoms with Crippen LogP contribution in [-0.2, 0) is 6.54 Å². The van der Waals surface area contributed by atoms with E-state index in [2.05, 4.69) is 17.2 Å². The first kappa shape index (κ1) is 13.3. The molecular weight excluding hydrogens is 256 g/mol. The maximum absolute atomic E-state index is 11.9. The maximum Gasteiger partial charge on any atom is 0.251 e. The fraction of sp³-hybridized carbons (Fsp3) is 0.133. The molecule has 0 fully saturated rings. The third kappa shape index (κ3) is 3.95. The van der Waals surface area contributed by atoms with Gasteiger partial charge in [-0.05, 0) is 46.7 Å². The fourth-order valence-corrected chi connectivity index (χ4v) is 2.20. The van der Waals surface area contributed by atoms with Crippen LogP contribution in [0.25, 0.3) is 0 Å². The van der Waals surface area contributed by atoms with Crippen molar-refractivity contribution in [1.82, 2.24) is 5.32 Å². The molecule has 0 aliphatic rings. The Labute approximate surface area is 116 Å². The summed E-state index contributed by atoms with van der Waals surface area (Å²) in [5.41, 5.74) is 7.91. The van der Waals surface area contributed by atoms with Crippen molar-refractivity contribution in [3.8, 4) is 11.8 Å². The summed E-state index contributed by atoms with van der Waals surface area (Å²) in [6.07, 6.45) is 0. The minimum absolute atomic E-state index is 0.0791. The minimum atomic E-state index is -0.0791. The monoisotopic (exact) mass is 270 g/mol. The van der Waals surface area contributed by atoms with Gasteiger partial charge in [0.25, 0.3) is 5.91 Å². The van der Waals surface area contributed by atoms with Gasteiger partial charge in [0.1, 0.15) is 0 Å². The minimum Gasteiger partial charge on any atom is -0.348 e. The third-order valence-corrected chi connectivity index (χ3v) is 3.25. The molecule has 1 aromatic carbocycles. The molecule has 1 heterocycles. The smallest absolute Gasteiger partial charge is 0.251 e. The van der Waals surface area contributed by atoms with Crippen molar-refractivity contribution in [3.63, 3.8) is 0 Å². The number of amides is 1. The highest BCUT2D eigenvalue weighted by molar-refractivity contribution is 7.07. The summed E-state index contributed by atoms with van der Waals surface area (Å²) < 4.78 is 0. The van der Waals surface area contributed by atoms with Crippen LogP contribution in [0.5, 0.6) is 0 Å². The lowest BCUT2D eigenvalue weighted by Crippen LogP contribution is -2.22. The summed E-state index contributed by atoms with van der Waals surface area (Å²) in [5, 5.41) is 6.89. The second-order valence-corrected chi connectivity index (χ2v) is 4.68. The molecule has 0 atom stereocenters. The van der Waals surface area contributed by atoms with Crippen molar-refractivity contribution in [2.24, 2.45) is 5.73 Å². The Bertz CT molecular complexity index is 591. The van der Waals surface area contributed by atoms with Gasteiger partial charge in [-0.3, -0.25) is 4.79 Å². The Morgan fingerprint density at radius 3 is 2.68 bits per heavy atom. The average Bonchev–Trinajstić information content (AvgIpc) is 2.96. The van der Waals surface area contributed by atoms with Gasteiger partial charge in [-0.1, -0.05) is 11.8 Å². The van der Waals surface area contributed by atoms with Gasteiger partial charge in [0, 0.05) is 17.7 Å². The molecule has 2 rings (SSSR count). The van der Waals surface area contributed by atoms with Crippen molar-refractivity contribution in [1.29, 1.82) is 0 Å². The van der Waals surface area contributed by atoms with E-state index in [1.54, 1.807) is 23.5 Å². The number of hydrogen-bond donors (Lipinski definition) is 2. The first-order valence-corrected chi connectivity index (χ1v) is 6.82. The summed E-state index contributed by atoms with van der Waals surface area (Å²) in [6, 6.07) is 9.17. The van der Waals surface area contributed by atoms with E-state index in [1.807, 2.05) is 29.0 Å². The van der Waals surface area contributed by atoms with E-state index >= 15 is 0 Å². The molecule has 96 valence electrons. The van der Waals surface area contributed by atoms with Gasteiger partial charge >= 0.3 is 0 Å². The number of nitrogens with two attached hydrogens (primary N) is 1. The van der Waals surface area contributed by atoms with Crippen LogP contribution in [0.3, 0.4) is 0 Å². The highest BCUT2D eigenvalue weighted by Gasteiger charge is 2.04. The Kier molecular flexibility index (Phi) is 4.73. The van der Waals surface area contributed by atoms with E-state index in [-0.39, 0.29) is 5.91 Å². The summed E-state index contributed by atoms with van der Waals surface area (Å²) in [5.74, 6) is 5.62. The lowest BCUT2D eigenvalue weighted by Gasteiger charge is -2.03. The Morgan fingerprint density at radius 2 is 2.05 bits per heavy atom. The molecule has 0 aliphatic carbocycles. The molecule has 1 aromatic heterocycles. The van der Waals surface area contributed by atoms with Crippen molar-refractivity contribution >= 4 is 17.2 Å². The topological polar surface area (TPSA) is 55.1 Å². The van der Waals surface area contributed by atoms with E-state index in [1.165, 1.54) is 0 Å². The van der Waals surface area contributed by atoms with Gasteiger partial charge in [0.2, 0.25) is 0 Å². The molecule has 0 saturated carbocycles. The van der Waals surface area contributed by atoms with E-state index < -0.39 is 0 Å². The van der Waals surface area contributed by atoms with Gasteiger partial charge in [-0.15, -0.1) is 0 Å². The molecule has 2 aromatic rings. The third-order valence-electron chi connectivity index (χ3n) is 2.52. The Balaban J connectivity index is 1.95. The van der Waals surface area contributed by atoms with Crippen LogP contribution >= 0.6 is 11.3 Å². The molecule has 19 heavy (non-hydrogen) atoms. The zero-order chi connectivity index (χ0) is 13.5. The average molecular weight is 270 g/mol.